The van der Waals surface area contributed by atoms with E-state index < -0.39 is 0 Å². The first kappa shape index (κ1) is 37.9. The van der Waals surface area contributed by atoms with Crippen LogP contribution in [0.5, 0.6) is 0 Å². The number of benzene rings is 8. The van der Waals surface area contributed by atoms with Crippen LogP contribution in [0.2, 0.25) is 0 Å². The van der Waals surface area contributed by atoms with E-state index in [1.54, 1.807) is 22.3 Å². The zero-order valence-electron chi connectivity index (χ0n) is 37.2. The molecule has 8 aromatic rings. The number of hydrogen-bond donors (Lipinski definition) is 0. The summed E-state index contributed by atoms with van der Waals surface area (Å²) >= 11 is 0. The van der Waals surface area contributed by atoms with Crippen LogP contribution in [-0.2, 0) is 10.8 Å². The fourth-order valence-electron chi connectivity index (χ4n) is 15.2. The van der Waals surface area contributed by atoms with Gasteiger partial charge in [0, 0.05) is 27.9 Å². The molecule has 15 rings (SSSR count). The molecule has 65 heavy (non-hydrogen) atoms. The predicted octanol–water partition coefficient (Wildman–Crippen LogP) is 17.1. The van der Waals surface area contributed by atoms with Crippen molar-refractivity contribution in [1.82, 2.24) is 0 Å². The number of hydrogen-bond acceptors (Lipinski definition) is 1. The van der Waals surface area contributed by atoms with Gasteiger partial charge in [-0.05, 0) is 195 Å². The Morgan fingerprint density at radius 3 is 1.45 bits per heavy atom. The summed E-state index contributed by atoms with van der Waals surface area (Å²) in [6.07, 6.45) is 13.6. The van der Waals surface area contributed by atoms with Crippen LogP contribution >= 0.6 is 0 Å². The molecule has 8 aromatic carbocycles. The number of rotatable bonds is 6. The largest absolute Gasteiger partial charge is 0.310 e. The maximum absolute atomic E-state index is 2.63. The van der Waals surface area contributed by atoms with Crippen LogP contribution in [0.4, 0.5) is 17.1 Å². The smallest absolute Gasteiger partial charge is 0.0467 e. The Kier molecular flexibility index (Phi) is 8.47. The Labute approximate surface area is 384 Å². The Morgan fingerprint density at radius 1 is 0.323 bits per heavy atom. The third kappa shape index (κ3) is 5.64. The van der Waals surface area contributed by atoms with Crippen LogP contribution in [0.25, 0.3) is 55.6 Å². The maximum atomic E-state index is 2.63. The van der Waals surface area contributed by atoms with Crippen molar-refractivity contribution in [3.63, 3.8) is 0 Å². The molecule has 0 heterocycles. The van der Waals surface area contributed by atoms with Crippen molar-refractivity contribution in [2.75, 3.05) is 4.90 Å². The molecule has 7 aliphatic rings. The molecule has 0 aromatic heterocycles. The molecule has 0 radical (unpaired) electrons. The number of fused-ring (bicyclic) bond motifs is 8. The minimum Gasteiger partial charge on any atom is -0.310 e. The lowest BCUT2D eigenvalue weighted by molar-refractivity contribution is -0.0399. The highest BCUT2D eigenvalue weighted by Crippen LogP contribution is 2.69. The second kappa shape index (κ2) is 14.5. The van der Waals surface area contributed by atoms with E-state index >= 15 is 0 Å². The van der Waals surface area contributed by atoms with E-state index in [-0.39, 0.29) is 10.8 Å². The van der Waals surface area contributed by atoms with Gasteiger partial charge in [-0.2, -0.15) is 0 Å². The van der Waals surface area contributed by atoms with E-state index in [1.807, 2.05) is 0 Å². The van der Waals surface area contributed by atoms with Crippen molar-refractivity contribution in [1.29, 1.82) is 0 Å². The van der Waals surface area contributed by atoms with E-state index in [2.05, 4.69) is 193 Å². The molecule has 316 valence electrons. The third-order valence-corrected chi connectivity index (χ3v) is 17.7. The first-order valence-electron chi connectivity index (χ1n) is 24.8. The van der Waals surface area contributed by atoms with Gasteiger partial charge >= 0.3 is 0 Å². The molecule has 4 bridgehead atoms. The van der Waals surface area contributed by atoms with E-state index in [4.69, 9.17) is 0 Å². The van der Waals surface area contributed by atoms with E-state index in [9.17, 15) is 0 Å². The monoisotopic (exact) mass is 837 g/mol. The van der Waals surface area contributed by atoms with Gasteiger partial charge in [0.2, 0.25) is 0 Å². The fraction of sp³-hybridized carbons (Fsp3) is 0.250. The van der Waals surface area contributed by atoms with Gasteiger partial charge in [0.05, 0.1) is 0 Å². The first-order valence-corrected chi connectivity index (χ1v) is 24.8. The molecular weight excluding hydrogens is 783 g/mol. The average Bonchev–Trinajstić information content (AvgIpc) is 3.80. The molecular formula is C64H55N. The average molecular weight is 838 g/mol. The van der Waals surface area contributed by atoms with Gasteiger partial charge in [0.1, 0.15) is 0 Å². The Hall–Kier alpha value is -6.44. The highest BCUT2D eigenvalue weighted by molar-refractivity contribution is 5.88. The lowest BCUT2D eigenvalue weighted by Crippen LogP contribution is -2.55. The molecule has 0 saturated heterocycles. The van der Waals surface area contributed by atoms with Gasteiger partial charge < -0.3 is 4.90 Å². The highest BCUT2D eigenvalue weighted by atomic mass is 15.1. The summed E-state index contributed by atoms with van der Waals surface area (Å²) in [6, 6.07) is 72.1. The first-order chi connectivity index (χ1) is 32.1. The molecule has 7 aliphatic carbocycles. The molecule has 1 heteroatoms. The Morgan fingerprint density at radius 2 is 0.800 bits per heavy atom. The van der Waals surface area contributed by atoms with Crippen LogP contribution < -0.4 is 4.90 Å². The van der Waals surface area contributed by atoms with Crippen molar-refractivity contribution in [3.05, 3.63) is 210 Å². The van der Waals surface area contributed by atoms with Gasteiger partial charge in [-0.15, -0.1) is 0 Å². The minimum atomic E-state index is 0.147. The van der Waals surface area contributed by atoms with Gasteiger partial charge in [0.15, 0.2) is 0 Å². The second-order valence-corrected chi connectivity index (χ2v) is 20.8. The molecule has 0 aliphatic heterocycles. The zero-order valence-corrected chi connectivity index (χ0v) is 37.2. The molecule has 5 fully saturated rings. The lowest BCUT2D eigenvalue weighted by atomic mass is 9.43. The molecule has 0 atom stereocenters. The Balaban J connectivity index is 0.835. The highest BCUT2D eigenvalue weighted by Gasteiger charge is 2.61. The maximum Gasteiger partial charge on any atom is 0.0467 e. The van der Waals surface area contributed by atoms with Gasteiger partial charge in [-0.3, -0.25) is 0 Å². The van der Waals surface area contributed by atoms with Crippen LogP contribution in [-0.4, -0.2) is 0 Å². The Bertz CT molecular complexity index is 3100. The summed E-state index contributed by atoms with van der Waals surface area (Å²) in [5.74, 6) is 3.40. The summed E-state index contributed by atoms with van der Waals surface area (Å²) < 4.78 is 0. The molecule has 0 unspecified atom stereocenters. The SMILES string of the molecule is c1ccc(-c2cccc(N(c3ccc(-c4ccc5c(c4)C4(CCCCC4)c4ccccc4-5)cc3)c3ccc(-c4ccc5c(c4)[C@]4(c6ccccc6-5)[C@@H]5CC6C[C@@H](C5)C[C@@H]4C6)cc3)c2)cc1. The van der Waals surface area contributed by atoms with Crippen molar-refractivity contribution >= 4 is 17.1 Å². The van der Waals surface area contributed by atoms with Crippen LogP contribution in [0, 0.1) is 23.7 Å². The summed E-state index contributed by atoms with van der Waals surface area (Å²) in [4.78, 5) is 2.44. The summed E-state index contributed by atoms with van der Waals surface area (Å²) in [7, 11) is 0. The van der Waals surface area contributed by atoms with Crippen molar-refractivity contribution in [2.24, 2.45) is 23.7 Å². The molecule has 2 spiro atoms. The molecule has 0 N–H and O–H groups in total. The number of nitrogens with zero attached hydrogens (tertiary/aromatic N) is 1. The fourth-order valence-corrected chi connectivity index (χ4v) is 15.2. The van der Waals surface area contributed by atoms with E-state index in [1.165, 1.54) is 120 Å². The van der Waals surface area contributed by atoms with Crippen molar-refractivity contribution < 1.29 is 0 Å². The summed E-state index contributed by atoms with van der Waals surface area (Å²) in [5.41, 5.74) is 23.6. The van der Waals surface area contributed by atoms with Gasteiger partial charge in [-0.25, -0.2) is 0 Å². The zero-order chi connectivity index (χ0) is 42.7. The minimum absolute atomic E-state index is 0.147. The lowest BCUT2D eigenvalue weighted by Gasteiger charge is -2.61. The summed E-state index contributed by atoms with van der Waals surface area (Å²) in [6.45, 7) is 0. The van der Waals surface area contributed by atoms with Crippen LogP contribution in [0.15, 0.2) is 188 Å². The molecule has 0 amide bonds. The normalized spacial score (nSPS) is 23.6. The van der Waals surface area contributed by atoms with Crippen LogP contribution in [0.3, 0.4) is 0 Å². The van der Waals surface area contributed by atoms with Gasteiger partial charge in [-0.1, -0.05) is 159 Å². The van der Waals surface area contributed by atoms with E-state index in [0.29, 0.717) is 0 Å². The standard InChI is InChI=1S/C64H55N/c1-3-12-44(13-4-1)47-14-11-15-54(39-47)65(52-26-20-45(21-27-52)48-24-30-57-55-16-5-7-18-59(55)63(61(57)40-48)32-9-2-10-33-63)53-28-22-46(23-29-53)49-25-31-58-56-17-6-8-19-60(56)64(62(58)41-49)50-35-42-34-43(37-50)38-51(64)36-42/h1,3-8,11-31,39-43,50-51H,2,9-10,32-38H2/t42-,43?,50-,51+,64+. The van der Waals surface area contributed by atoms with Crippen LogP contribution in [0.1, 0.15) is 86.5 Å². The van der Waals surface area contributed by atoms with E-state index in [0.717, 1.165) is 40.7 Å². The second-order valence-electron chi connectivity index (χ2n) is 20.8. The topological polar surface area (TPSA) is 3.24 Å². The third-order valence-electron chi connectivity index (χ3n) is 17.7. The number of anilines is 3. The summed E-state index contributed by atoms with van der Waals surface area (Å²) in [5, 5.41) is 0. The molecule has 1 nitrogen and oxygen atoms in total. The predicted molar refractivity (Wildman–Crippen MR) is 270 cm³/mol. The van der Waals surface area contributed by atoms with Crippen molar-refractivity contribution in [3.8, 4) is 55.6 Å². The van der Waals surface area contributed by atoms with Gasteiger partial charge in [0.25, 0.3) is 0 Å². The molecule has 5 saturated carbocycles. The van der Waals surface area contributed by atoms with Crippen molar-refractivity contribution in [2.45, 2.75) is 75.0 Å². The quantitative estimate of drug-likeness (QED) is 0.161.